The molecule has 0 fully saturated rings. The topological polar surface area (TPSA) is 38.5 Å². The summed E-state index contributed by atoms with van der Waals surface area (Å²) >= 11 is 0. The molecule has 1 rings (SSSR count). The van der Waals surface area contributed by atoms with Crippen LogP contribution in [-0.4, -0.2) is 32.1 Å². The number of rotatable bonds is 5. The zero-order valence-electron chi connectivity index (χ0n) is 9.73. The van der Waals surface area contributed by atoms with Crippen molar-refractivity contribution in [2.45, 2.75) is 13.0 Å². The minimum atomic E-state index is 0.0841. The smallest absolute Gasteiger partial charge is 0.119 e. The number of ether oxygens (including phenoxy) is 1. The van der Waals surface area contributed by atoms with Crippen molar-refractivity contribution in [3.05, 3.63) is 29.8 Å². The lowest BCUT2D eigenvalue weighted by atomic mass is 10.1. The highest BCUT2D eigenvalue weighted by Crippen LogP contribution is 2.15. The minimum absolute atomic E-state index is 0.0841. The molecule has 15 heavy (non-hydrogen) atoms. The van der Waals surface area contributed by atoms with Gasteiger partial charge in [-0.15, -0.1) is 0 Å². The third-order valence-corrected chi connectivity index (χ3v) is 2.21. The second kappa shape index (κ2) is 5.73. The van der Waals surface area contributed by atoms with Gasteiger partial charge in [0.15, 0.2) is 0 Å². The number of nitrogens with two attached hydrogens (primary N) is 1. The summed E-state index contributed by atoms with van der Waals surface area (Å²) in [7, 11) is 4.06. The summed E-state index contributed by atoms with van der Waals surface area (Å²) in [5, 5.41) is 0. The fourth-order valence-corrected chi connectivity index (χ4v) is 1.21. The molecule has 1 aromatic carbocycles. The van der Waals surface area contributed by atoms with Crippen molar-refractivity contribution in [2.75, 3.05) is 27.2 Å². The van der Waals surface area contributed by atoms with Crippen LogP contribution < -0.4 is 10.5 Å². The fraction of sp³-hybridized carbons (Fsp3) is 0.500. The molecule has 2 N–H and O–H groups in total. The van der Waals surface area contributed by atoms with E-state index in [1.807, 2.05) is 45.3 Å². The molecular weight excluding hydrogens is 188 g/mol. The van der Waals surface area contributed by atoms with E-state index in [1.165, 1.54) is 0 Å². The third kappa shape index (κ3) is 4.32. The first-order valence-corrected chi connectivity index (χ1v) is 5.22. The van der Waals surface area contributed by atoms with Crippen molar-refractivity contribution in [2.24, 2.45) is 5.73 Å². The van der Waals surface area contributed by atoms with Gasteiger partial charge in [-0.3, -0.25) is 0 Å². The molecule has 0 aliphatic heterocycles. The summed E-state index contributed by atoms with van der Waals surface area (Å²) in [5.74, 6) is 0.904. The predicted octanol–water partition coefficient (Wildman–Crippen LogP) is 1.65. The number of nitrogens with zero attached hydrogens (tertiary/aromatic N) is 1. The lowest BCUT2D eigenvalue weighted by Gasteiger charge is -2.11. The minimum Gasteiger partial charge on any atom is -0.492 e. The monoisotopic (exact) mass is 208 g/mol. The molecular formula is C12H20N2O. The van der Waals surface area contributed by atoms with Gasteiger partial charge in [0, 0.05) is 12.6 Å². The molecule has 0 aromatic heterocycles. The lowest BCUT2D eigenvalue weighted by molar-refractivity contribution is 0.261. The van der Waals surface area contributed by atoms with E-state index in [-0.39, 0.29) is 6.04 Å². The molecule has 0 saturated heterocycles. The van der Waals surface area contributed by atoms with Crippen molar-refractivity contribution >= 4 is 0 Å². The van der Waals surface area contributed by atoms with E-state index in [9.17, 15) is 0 Å². The summed E-state index contributed by atoms with van der Waals surface area (Å²) in [5.41, 5.74) is 6.89. The van der Waals surface area contributed by atoms with Crippen molar-refractivity contribution in [3.8, 4) is 5.75 Å². The van der Waals surface area contributed by atoms with Gasteiger partial charge in [0.25, 0.3) is 0 Å². The van der Waals surface area contributed by atoms with E-state index in [1.54, 1.807) is 0 Å². The Labute approximate surface area is 91.8 Å². The maximum Gasteiger partial charge on any atom is 0.119 e. The molecule has 1 atom stereocenters. The van der Waals surface area contributed by atoms with E-state index < -0.39 is 0 Å². The van der Waals surface area contributed by atoms with E-state index in [0.717, 1.165) is 17.9 Å². The number of benzene rings is 1. The SMILES string of the molecule is C[C@H](N)c1ccc(OCCN(C)C)cc1. The van der Waals surface area contributed by atoms with Crippen LogP contribution in [0, 0.1) is 0 Å². The van der Waals surface area contributed by atoms with Gasteiger partial charge < -0.3 is 15.4 Å². The Bertz CT molecular complexity index is 280. The van der Waals surface area contributed by atoms with Crippen molar-refractivity contribution in [1.82, 2.24) is 4.90 Å². The quantitative estimate of drug-likeness (QED) is 0.799. The highest BCUT2D eigenvalue weighted by atomic mass is 16.5. The van der Waals surface area contributed by atoms with Crippen LogP contribution in [0.15, 0.2) is 24.3 Å². The molecule has 0 radical (unpaired) electrons. The Morgan fingerprint density at radius 1 is 1.27 bits per heavy atom. The van der Waals surface area contributed by atoms with Gasteiger partial charge in [0.1, 0.15) is 12.4 Å². The van der Waals surface area contributed by atoms with Crippen LogP contribution >= 0.6 is 0 Å². The first kappa shape index (κ1) is 12.0. The Balaban J connectivity index is 2.43. The molecule has 3 heteroatoms. The third-order valence-electron chi connectivity index (χ3n) is 2.21. The highest BCUT2D eigenvalue weighted by Gasteiger charge is 1.99. The molecule has 0 bridgehead atoms. The van der Waals surface area contributed by atoms with Gasteiger partial charge in [-0.05, 0) is 38.7 Å². The highest BCUT2D eigenvalue weighted by molar-refractivity contribution is 5.28. The van der Waals surface area contributed by atoms with Crippen LogP contribution in [0.3, 0.4) is 0 Å². The molecule has 0 aliphatic rings. The Hall–Kier alpha value is -1.06. The molecule has 0 amide bonds. The average Bonchev–Trinajstić information content (AvgIpc) is 2.18. The second-order valence-electron chi connectivity index (χ2n) is 4.01. The summed E-state index contributed by atoms with van der Waals surface area (Å²) in [6.07, 6.45) is 0. The lowest BCUT2D eigenvalue weighted by Crippen LogP contribution is -2.19. The molecule has 1 aromatic rings. The van der Waals surface area contributed by atoms with Crippen LogP contribution in [0.2, 0.25) is 0 Å². The van der Waals surface area contributed by atoms with E-state index >= 15 is 0 Å². The van der Waals surface area contributed by atoms with Crippen LogP contribution in [0.1, 0.15) is 18.5 Å². The standard InChI is InChI=1S/C12H20N2O/c1-10(13)11-4-6-12(7-5-11)15-9-8-14(2)3/h4-7,10H,8-9,13H2,1-3H3/t10-/m0/s1. The van der Waals surface area contributed by atoms with E-state index in [4.69, 9.17) is 10.5 Å². The van der Waals surface area contributed by atoms with Crippen molar-refractivity contribution in [3.63, 3.8) is 0 Å². The Morgan fingerprint density at radius 3 is 2.33 bits per heavy atom. The van der Waals surface area contributed by atoms with Gasteiger partial charge in [0.2, 0.25) is 0 Å². The van der Waals surface area contributed by atoms with Gasteiger partial charge in [-0.25, -0.2) is 0 Å². The largest absolute Gasteiger partial charge is 0.492 e. The summed E-state index contributed by atoms with van der Waals surface area (Å²) < 4.78 is 5.57. The maximum absolute atomic E-state index is 5.76. The zero-order chi connectivity index (χ0) is 11.3. The van der Waals surface area contributed by atoms with Gasteiger partial charge in [-0.2, -0.15) is 0 Å². The Morgan fingerprint density at radius 2 is 1.87 bits per heavy atom. The van der Waals surface area contributed by atoms with Gasteiger partial charge >= 0.3 is 0 Å². The first-order chi connectivity index (χ1) is 7.09. The van der Waals surface area contributed by atoms with E-state index in [2.05, 4.69) is 4.90 Å². The van der Waals surface area contributed by atoms with Gasteiger partial charge in [-0.1, -0.05) is 12.1 Å². The first-order valence-electron chi connectivity index (χ1n) is 5.22. The van der Waals surface area contributed by atoms with Crippen LogP contribution in [0.4, 0.5) is 0 Å². The van der Waals surface area contributed by atoms with Crippen LogP contribution in [0.25, 0.3) is 0 Å². The average molecular weight is 208 g/mol. The number of hydrogen-bond acceptors (Lipinski definition) is 3. The zero-order valence-corrected chi connectivity index (χ0v) is 9.73. The predicted molar refractivity (Wildman–Crippen MR) is 63.1 cm³/mol. The molecule has 0 unspecified atom stereocenters. The molecule has 0 aliphatic carbocycles. The van der Waals surface area contributed by atoms with Crippen molar-refractivity contribution in [1.29, 1.82) is 0 Å². The Kier molecular flexibility index (Phi) is 4.59. The van der Waals surface area contributed by atoms with Gasteiger partial charge in [0.05, 0.1) is 0 Å². The normalized spacial score (nSPS) is 12.9. The summed E-state index contributed by atoms with van der Waals surface area (Å²) in [6, 6.07) is 8.04. The fourth-order valence-electron chi connectivity index (χ4n) is 1.21. The molecule has 0 spiro atoms. The molecule has 0 heterocycles. The number of hydrogen-bond donors (Lipinski definition) is 1. The summed E-state index contributed by atoms with van der Waals surface area (Å²) in [4.78, 5) is 2.09. The van der Waals surface area contributed by atoms with Crippen molar-refractivity contribution < 1.29 is 4.74 Å². The maximum atomic E-state index is 5.76. The molecule has 0 saturated carbocycles. The molecule has 3 nitrogen and oxygen atoms in total. The second-order valence-corrected chi connectivity index (χ2v) is 4.01. The van der Waals surface area contributed by atoms with Crippen LogP contribution in [0.5, 0.6) is 5.75 Å². The summed E-state index contributed by atoms with van der Waals surface area (Å²) in [6.45, 7) is 3.61. The van der Waals surface area contributed by atoms with E-state index in [0.29, 0.717) is 6.61 Å². The number of likely N-dealkylation sites (N-methyl/N-ethyl adjacent to an activating group) is 1. The molecule has 84 valence electrons. The van der Waals surface area contributed by atoms with Crippen LogP contribution in [-0.2, 0) is 0 Å².